The summed E-state index contributed by atoms with van der Waals surface area (Å²) in [4.78, 5) is 27.7. The lowest BCUT2D eigenvalue weighted by Crippen LogP contribution is -2.48. The number of alkyl halides is 1. The Morgan fingerprint density at radius 2 is 1.71 bits per heavy atom. The van der Waals surface area contributed by atoms with Crippen molar-refractivity contribution in [1.29, 1.82) is 0 Å². The normalized spacial score (nSPS) is 19.5. The molecule has 1 aliphatic carbocycles. The van der Waals surface area contributed by atoms with Gasteiger partial charge in [0, 0.05) is 12.6 Å². The fraction of sp³-hybridized carbons (Fsp3) is 0.440. The smallest absolute Gasteiger partial charge is 0.247 e. The van der Waals surface area contributed by atoms with E-state index in [9.17, 15) is 14.0 Å². The molecule has 0 unspecified atom stereocenters. The number of halogens is 2. The van der Waals surface area contributed by atoms with Crippen LogP contribution in [0.25, 0.3) is 0 Å². The molecule has 2 aromatic rings. The van der Waals surface area contributed by atoms with Crippen LogP contribution in [-0.2, 0) is 16.0 Å². The number of nitrogens with one attached hydrogen (secondary N) is 1. The molecular formula is C25H30ClFN2O2. The van der Waals surface area contributed by atoms with Crippen molar-refractivity contribution in [2.75, 3.05) is 12.4 Å². The van der Waals surface area contributed by atoms with Crippen LogP contribution in [0, 0.1) is 11.7 Å². The van der Waals surface area contributed by atoms with E-state index >= 15 is 0 Å². The second kappa shape index (κ2) is 11.3. The van der Waals surface area contributed by atoms with Gasteiger partial charge in [-0.3, -0.25) is 9.59 Å². The van der Waals surface area contributed by atoms with Gasteiger partial charge in [-0.15, -0.1) is 11.6 Å². The molecule has 2 aromatic carbocycles. The van der Waals surface area contributed by atoms with Gasteiger partial charge in [0.25, 0.3) is 0 Å². The Bertz CT molecular complexity index is 852. The summed E-state index contributed by atoms with van der Waals surface area (Å²) >= 11 is 5.91. The third-order valence-electron chi connectivity index (χ3n) is 6.03. The largest absolute Gasteiger partial charge is 0.351 e. The maximum atomic E-state index is 13.6. The minimum atomic E-state index is -0.852. The molecule has 3 rings (SSSR count). The lowest BCUT2D eigenvalue weighted by molar-refractivity contribution is -0.139. The van der Waals surface area contributed by atoms with E-state index in [4.69, 9.17) is 11.6 Å². The van der Waals surface area contributed by atoms with Gasteiger partial charge in [0.05, 0.1) is 0 Å². The molecule has 0 aliphatic heterocycles. The fourth-order valence-electron chi connectivity index (χ4n) is 4.17. The van der Waals surface area contributed by atoms with Crippen LogP contribution in [0.5, 0.6) is 0 Å². The lowest BCUT2D eigenvalue weighted by atomic mass is 9.87. The van der Waals surface area contributed by atoms with Crippen LogP contribution in [0.4, 0.5) is 4.39 Å². The molecule has 1 atom stereocenters. The van der Waals surface area contributed by atoms with Crippen LogP contribution < -0.4 is 5.32 Å². The van der Waals surface area contributed by atoms with Crippen molar-refractivity contribution in [3.05, 3.63) is 71.5 Å². The summed E-state index contributed by atoms with van der Waals surface area (Å²) in [6.45, 7) is 2.57. The molecule has 0 bridgehead atoms. The third kappa shape index (κ3) is 6.54. The highest BCUT2D eigenvalue weighted by molar-refractivity contribution is 6.27. The fourth-order valence-corrected chi connectivity index (χ4v) is 4.32. The average Bonchev–Trinajstić information content (AvgIpc) is 2.79. The number of hydrogen-bond donors (Lipinski definition) is 1. The molecular weight excluding hydrogens is 415 g/mol. The molecule has 0 aromatic heterocycles. The number of amides is 2. The molecule has 1 saturated carbocycles. The van der Waals surface area contributed by atoms with Gasteiger partial charge in [0.2, 0.25) is 11.8 Å². The van der Waals surface area contributed by atoms with Crippen LogP contribution >= 0.6 is 11.6 Å². The first-order chi connectivity index (χ1) is 15.0. The highest BCUT2D eigenvalue weighted by atomic mass is 35.5. The van der Waals surface area contributed by atoms with Gasteiger partial charge in [0.15, 0.2) is 0 Å². The van der Waals surface area contributed by atoms with Crippen LogP contribution in [-0.4, -0.2) is 35.2 Å². The van der Waals surface area contributed by atoms with Crippen LogP contribution in [0.2, 0.25) is 0 Å². The maximum Gasteiger partial charge on any atom is 0.247 e. The minimum Gasteiger partial charge on any atom is -0.351 e. The topological polar surface area (TPSA) is 49.4 Å². The monoisotopic (exact) mass is 444 g/mol. The van der Waals surface area contributed by atoms with Crippen molar-refractivity contribution >= 4 is 23.4 Å². The van der Waals surface area contributed by atoms with Gasteiger partial charge < -0.3 is 10.2 Å². The molecule has 6 heteroatoms. The zero-order chi connectivity index (χ0) is 22.2. The molecule has 1 fully saturated rings. The first-order valence-corrected chi connectivity index (χ1v) is 11.5. The Labute approximate surface area is 188 Å². The van der Waals surface area contributed by atoms with Crippen molar-refractivity contribution in [2.45, 2.75) is 51.1 Å². The summed E-state index contributed by atoms with van der Waals surface area (Å²) < 4.78 is 13.6. The molecule has 0 heterocycles. The summed E-state index contributed by atoms with van der Waals surface area (Å²) in [5.41, 5.74) is 1.64. The summed E-state index contributed by atoms with van der Waals surface area (Å²) in [5.74, 6) is -0.497. The van der Waals surface area contributed by atoms with Crippen LogP contribution in [0.1, 0.15) is 49.8 Å². The molecule has 1 N–H and O–H groups in total. The average molecular weight is 445 g/mol. The SMILES string of the molecule is CC1CCC(NC(=O)[C@@H](c2ccc(F)cc2)N(CCc2ccccc2)C(=O)CCl)CC1. The lowest BCUT2D eigenvalue weighted by Gasteiger charge is -2.34. The van der Waals surface area contributed by atoms with E-state index in [2.05, 4.69) is 12.2 Å². The van der Waals surface area contributed by atoms with Crippen LogP contribution in [0.3, 0.4) is 0 Å². The number of nitrogens with zero attached hydrogens (tertiary/aromatic N) is 1. The van der Waals surface area contributed by atoms with E-state index in [0.717, 1.165) is 31.2 Å². The molecule has 1 aliphatic rings. The van der Waals surface area contributed by atoms with Crippen molar-refractivity contribution in [2.24, 2.45) is 5.92 Å². The Morgan fingerprint density at radius 1 is 1.06 bits per heavy atom. The van der Waals surface area contributed by atoms with E-state index in [0.29, 0.717) is 24.4 Å². The zero-order valence-electron chi connectivity index (χ0n) is 17.9. The summed E-state index contributed by atoms with van der Waals surface area (Å²) in [5, 5.41) is 3.14. The predicted molar refractivity (Wildman–Crippen MR) is 121 cm³/mol. The molecule has 0 saturated heterocycles. The van der Waals surface area contributed by atoms with E-state index in [1.165, 1.54) is 17.0 Å². The Balaban J connectivity index is 1.84. The molecule has 4 nitrogen and oxygen atoms in total. The van der Waals surface area contributed by atoms with Gasteiger partial charge in [0.1, 0.15) is 17.7 Å². The Hall–Kier alpha value is -2.40. The van der Waals surface area contributed by atoms with Gasteiger partial charge in [-0.25, -0.2) is 4.39 Å². The van der Waals surface area contributed by atoms with Crippen molar-refractivity contribution in [3.8, 4) is 0 Å². The molecule has 2 amide bonds. The standard InChI is InChI=1S/C25H30ClFN2O2/c1-18-7-13-22(14-8-18)28-25(31)24(20-9-11-21(27)12-10-20)29(23(30)17-26)16-15-19-5-3-2-4-6-19/h2-6,9-12,18,22,24H,7-8,13-17H2,1H3,(H,28,31)/t18?,22?,24-/m1/s1. The maximum absolute atomic E-state index is 13.6. The number of carbonyl (C=O) groups is 2. The minimum absolute atomic E-state index is 0.0914. The summed E-state index contributed by atoms with van der Waals surface area (Å²) in [7, 11) is 0. The molecule has 31 heavy (non-hydrogen) atoms. The second-order valence-electron chi connectivity index (χ2n) is 8.38. The van der Waals surface area contributed by atoms with Crippen molar-refractivity contribution in [1.82, 2.24) is 10.2 Å². The highest BCUT2D eigenvalue weighted by Crippen LogP contribution is 2.27. The van der Waals surface area contributed by atoms with Gasteiger partial charge in [-0.05, 0) is 61.3 Å². The first kappa shape index (κ1) is 23.3. The quantitative estimate of drug-likeness (QED) is 0.590. The van der Waals surface area contributed by atoms with Gasteiger partial charge in [-0.2, -0.15) is 0 Å². The molecule has 0 spiro atoms. The third-order valence-corrected chi connectivity index (χ3v) is 6.26. The zero-order valence-corrected chi connectivity index (χ0v) is 18.7. The van der Waals surface area contributed by atoms with E-state index < -0.39 is 6.04 Å². The van der Waals surface area contributed by atoms with Crippen LogP contribution in [0.15, 0.2) is 54.6 Å². The number of rotatable bonds is 8. The van der Waals surface area contributed by atoms with E-state index in [1.807, 2.05) is 30.3 Å². The molecule has 166 valence electrons. The Morgan fingerprint density at radius 3 is 2.32 bits per heavy atom. The molecule has 0 radical (unpaired) electrons. The van der Waals surface area contributed by atoms with Crippen molar-refractivity contribution in [3.63, 3.8) is 0 Å². The Kier molecular flexibility index (Phi) is 8.47. The van der Waals surface area contributed by atoms with E-state index in [1.54, 1.807) is 12.1 Å². The number of benzene rings is 2. The van der Waals surface area contributed by atoms with Crippen molar-refractivity contribution < 1.29 is 14.0 Å². The second-order valence-corrected chi connectivity index (χ2v) is 8.64. The highest BCUT2D eigenvalue weighted by Gasteiger charge is 2.32. The number of carbonyl (C=O) groups excluding carboxylic acids is 2. The van der Waals surface area contributed by atoms with E-state index in [-0.39, 0.29) is 29.6 Å². The van der Waals surface area contributed by atoms with Gasteiger partial charge >= 0.3 is 0 Å². The number of hydrogen-bond acceptors (Lipinski definition) is 2. The predicted octanol–water partition coefficient (Wildman–Crippen LogP) is 4.87. The summed E-state index contributed by atoms with van der Waals surface area (Å²) in [6, 6.07) is 14.8. The summed E-state index contributed by atoms with van der Waals surface area (Å²) in [6.07, 6.45) is 4.59. The van der Waals surface area contributed by atoms with Gasteiger partial charge in [-0.1, -0.05) is 49.4 Å². The first-order valence-electron chi connectivity index (χ1n) is 10.9.